The second-order valence-electron chi connectivity index (χ2n) is 8.92. The summed E-state index contributed by atoms with van der Waals surface area (Å²) in [5, 5.41) is 38.5. The zero-order chi connectivity index (χ0) is 26.3. The zero-order valence-corrected chi connectivity index (χ0v) is 22.6. The van der Waals surface area contributed by atoms with Gasteiger partial charge in [0, 0.05) is 6.61 Å². The van der Waals surface area contributed by atoms with Gasteiger partial charge >= 0.3 is 0 Å². The van der Waals surface area contributed by atoms with Gasteiger partial charge in [-0.25, -0.2) is 0 Å². The van der Waals surface area contributed by atoms with Crippen LogP contribution in [0.4, 0.5) is 0 Å². The van der Waals surface area contributed by atoms with Gasteiger partial charge in [0.2, 0.25) is 0 Å². The highest BCUT2D eigenvalue weighted by Gasteiger charge is 2.43. The van der Waals surface area contributed by atoms with E-state index in [0.717, 1.165) is 18.8 Å². The van der Waals surface area contributed by atoms with E-state index in [2.05, 4.69) is 12.6 Å². The highest BCUT2D eigenvalue weighted by atomic mass is 32.1. The second kappa shape index (κ2) is 24.0. The van der Waals surface area contributed by atoms with Crippen molar-refractivity contribution in [3.8, 4) is 0 Å². The van der Waals surface area contributed by atoms with Crippen LogP contribution in [0.1, 0.15) is 57.8 Å². The molecule has 11 heteroatoms. The van der Waals surface area contributed by atoms with Crippen molar-refractivity contribution >= 4 is 12.6 Å². The lowest BCUT2D eigenvalue weighted by atomic mass is 9.99. The molecule has 4 N–H and O–H groups in total. The quantitative estimate of drug-likeness (QED) is 0.0848. The Balaban J connectivity index is 1.76. The van der Waals surface area contributed by atoms with Gasteiger partial charge in [-0.2, -0.15) is 12.6 Å². The Kier molecular flexibility index (Phi) is 22.7. The number of hydrogen-bond donors (Lipinski definition) is 5. The van der Waals surface area contributed by atoms with Crippen LogP contribution in [-0.4, -0.2) is 123 Å². The lowest BCUT2D eigenvalue weighted by Gasteiger charge is -2.39. The first-order chi connectivity index (χ1) is 17.6. The fourth-order valence-electron chi connectivity index (χ4n) is 3.74. The van der Waals surface area contributed by atoms with Gasteiger partial charge in [0.25, 0.3) is 0 Å². The van der Waals surface area contributed by atoms with Crippen LogP contribution in [0, 0.1) is 0 Å². The molecule has 0 amide bonds. The minimum atomic E-state index is -1.45. The Morgan fingerprint density at radius 2 is 0.972 bits per heavy atom. The fourth-order valence-corrected chi connectivity index (χ4v) is 3.97. The van der Waals surface area contributed by atoms with Crippen molar-refractivity contribution in [2.75, 3.05) is 71.8 Å². The topological polar surface area (TPSA) is 136 Å². The third-order valence-electron chi connectivity index (χ3n) is 5.92. The fraction of sp³-hybridized carbons (Fsp3) is 1.00. The normalized spacial score (nSPS) is 24.4. The van der Waals surface area contributed by atoms with E-state index in [0.29, 0.717) is 39.6 Å². The molecule has 1 rings (SSSR count). The Labute approximate surface area is 222 Å². The van der Waals surface area contributed by atoms with E-state index in [9.17, 15) is 15.3 Å². The van der Waals surface area contributed by atoms with Crippen molar-refractivity contribution in [3.05, 3.63) is 0 Å². The van der Waals surface area contributed by atoms with Crippen molar-refractivity contribution in [3.63, 3.8) is 0 Å². The van der Waals surface area contributed by atoms with Gasteiger partial charge in [0.05, 0.1) is 59.5 Å². The van der Waals surface area contributed by atoms with Crippen LogP contribution >= 0.6 is 12.6 Å². The molecule has 1 heterocycles. The van der Waals surface area contributed by atoms with Gasteiger partial charge in [-0.1, -0.05) is 44.9 Å². The summed E-state index contributed by atoms with van der Waals surface area (Å²) >= 11 is 4.23. The molecule has 0 aromatic carbocycles. The van der Waals surface area contributed by atoms with Gasteiger partial charge in [0.15, 0.2) is 6.29 Å². The van der Waals surface area contributed by atoms with E-state index >= 15 is 0 Å². The molecule has 0 aromatic rings. The van der Waals surface area contributed by atoms with Crippen LogP contribution < -0.4 is 0 Å². The molecule has 1 aliphatic heterocycles. The molecule has 1 aliphatic rings. The van der Waals surface area contributed by atoms with E-state index in [-0.39, 0.29) is 13.2 Å². The maximum atomic E-state index is 9.87. The molecule has 36 heavy (non-hydrogen) atoms. The summed E-state index contributed by atoms with van der Waals surface area (Å²) in [6.45, 7) is 3.56. The number of rotatable bonds is 25. The molecule has 1 fully saturated rings. The van der Waals surface area contributed by atoms with E-state index in [1.807, 2.05) is 0 Å². The van der Waals surface area contributed by atoms with Crippen LogP contribution in [0.5, 0.6) is 0 Å². The lowest BCUT2D eigenvalue weighted by molar-refractivity contribution is -0.302. The Morgan fingerprint density at radius 1 is 0.528 bits per heavy atom. The molecule has 0 saturated carbocycles. The Hall–Kier alpha value is -0.0500. The van der Waals surface area contributed by atoms with Crippen molar-refractivity contribution in [2.45, 2.75) is 88.5 Å². The van der Waals surface area contributed by atoms with Gasteiger partial charge in [-0.05, 0) is 18.6 Å². The summed E-state index contributed by atoms with van der Waals surface area (Å²) < 4.78 is 32.5. The van der Waals surface area contributed by atoms with Crippen molar-refractivity contribution < 1.29 is 48.8 Å². The first-order valence-corrected chi connectivity index (χ1v) is 14.1. The molecule has 0 bridgehead atoms. The predicted octanol–water partition coefficient (Wildman–Crippen LogP) is 1.31. The molecule has 10 nitrogen and oxygen atoms in total. The summed E-state index contributed by atoms with van der Waals surface area (Å²) in [6, 6.07) is 0. The van der Waals surface area contributed by atoms with Crippen LogP contribution in [0.25, 0.3) is 0 Å². The maximum Gasteiger partial charge on any atom is 0.186 e. The largest absolute Gasteiger partial charge is 0.394 e. The van der Waals surface area contributed by atoms with E-state index in [4.69, 9.17) is 33.5 Å². The summed E-state index contributed by atoms with van der Waals surface area (Å²) in [6.07, 6.45) is 5.15. The molecular weight excluding hydrogens is 492 g/mol. The molecule has 216 valence electrons. The van der Waals surface area contributed by atoms with Gasteiger partial charge < -0.3 is 48.8 Å². The zero-order valence-electron chi connectivity index (χ0n) is 21.7. The predicted molar refractivity (Wildman–Crippen MR) is 138 cm³/mol. The van der Waals surface area contributed by atoms with E-state index in [1.54, 1.807) is 0 Å². The standard InChI is InChI=1S/C25H50O10S/c26-20-21-22(27)23(28)24(29)25(35-21)34-18-17-33-16-15-32-14-13-31-12-11-30-10-8-6-4-2-1-3-5-7-9-19-36/h21-29,36H,1-20H2/t21-,22+,23-,24+,25+/m0/s1. The highest BCUT2D eigenvalue weighted by molar-refractivity contribution is 7.80. The van der Waals surface area contributed by atoms with E-state index < -0.39 is 37.3 Å². The molecule has 0 aliphatic carbocycles. The molecule has 0 spiro atoms. The maximum absolute atomic E-state index is 9.87. The smallest absolute Gasteiger partial charge is 0.186 e. The van der Waals surface area contributed by atoms with Gasteiger partial charge in [0.1, 0.15) is 24.4 Å². The van der Waals surface area contributed by atoms with Crippen molar-refractivity contribution in [1.29, 1.82) is 0 Å². The molecule has 0 unspecified atom stereocenters. The number of unbranched alkanes of at least 4 members (excludes halogenated alkanes) is 8. The van der Waals surface area contributed by atoms with Crippen LogP contribution in [-0.2, 0) is 28.4 Å². The van der Waals surface area contributed by atoms with Crippen molar-refractivity contribution in [2.24, 2.45) is 0 Å². The summed E-state index contributed by atoms with van der Waals surface area (Å²) in [7, 11) is 0. The van der Waals surface area contributed by atoms with Crippen LogP contribution in [0.15, 0.2) is 0 Å². The average molecular weight is 543 g/mol. The highest BCUT2D eigenvalue weighted by Crippen LogP contribution is 2.21. The Morgan fingerprint density at radius 3 is 1.47 bits per heavy atom. The third-order valence-corrected chi connectivity index (χ3v) is 6.24. The number of ether oxygens (including phenoxy) is 6. The van der Waals surface area contributed by atoms with E-state index in [1.165, 1.54) is 51.4 Å². The van der Waals surface area contributed by atoms with Crippen molar-refractivity contribution in [1.82, 2.24) is 0 Å². The first-order valence-electron chi connectivity index (χ1n) is 13.5. The van der Waals surface area contributed by atoms with Crippen LogP contribution in [0.2, 0.25) is 0 Å². The third kappa shape index (κ3) is 16.7. The summed E-state index contributed by atoms with van der Waals surface area (Å²) in [5.74, 6) is 1.01. The van der Waals surface area contributed by atoms with Gasteiger partial charge in [-0.15, -0.1) is 0 Å². The molecule has 5 atom stereocenters. The lowest BCUT2D eigenvalue weighted by Crippen LogP contribution is -2.59. The average Bonchev–Trinajstić information content (AvgIpc) is 2.89. The second-order valence-corrected chi connectivity index (χ2v) is 9.37. The summed E-state index contributed by atoms with van der Waals surface area (Å²) in [5.41, 5.74) is 0. The monoisotopic (exact) mass is 542 g/mol. The van der Waals surface area contributed by atoms with Crippen LogP contribution in [0.3, 0.4) is 0 Å². The first kappa shape index (κ1) is 34.0. The summed E-state index contributed by atoms with van der Waals surface area (Å²) in [4.78, 5) is 0. The molecule has 0 radical (unpaired) electrons. The molecule has 1 saturated heterocycles. The SMILES string of the molecule is OC[C@@H]1O[C@@H](OCCOCCOCCOCCOCCCCCCCCCCCS)[C@H](O)[C@@H](O)[C@@H]1O. The number of aliphatic hydroxyl groups is 4. The van der Waals surface area contributed by atoms with Gasteiger partial charge in [-0.3, -0.25) is 0 Å². The Bertz CT molecular complexity index is 474. The molecule has 0 aromatic heterocycles. The number of thiol groups is 1. The minimum absolute atomic E-state index is 0.114. The number of hydrogen-bond acceptors (Lipinski definition) is 11. The molecular formula is C25H50O10S. The number of aliphatic hydroxyl groups excluding tert-OH is 4. The minimum Gasteiger partial charge on any atom is -0.394 e.